The maximum atomic E-state index is 12.8. The van der Waals surface area contributed by atoms with Crippen molar-refractivity contribution < 1.29 is 28.6 Å². The molecule has 0 aliphatic heterocycles. The number of hydrogen-bond donors (Lipinski definition) is 0. The number of carbonyl (C=O) groups excluding carboxylic acids is 3. The molecule has 0 aromatic heterocycles. The first-order valence-corrected chi connectivity index (χ1v) is 25.6. The Kier molecular flexibility index (Phi) is 46.9. The highest BCUT2D eigenvalue weighted by Crippen LogP contribution is 2.15. The van der Waals surface area contributed by atoms with Crippen LogP contribution in [0.25, 0.3) is 0 Å². The zero-order chi connectivity index (χ0) is 43.7. The topological polar surface area (TPSA) is 78.9 Å². The molecule has 0 heterocycles. The number of ether oxygens (including phenoxy) is 3. The van der Waals surface area contributed by atoms with Crippen LogP contribution in [-0.4, -0.2) is 37.2 Å². The van der Waals surface area contributed by atoms with Gasteiger partial charge in [0, 0.05) is 19.3 Å². The van der Waals surface area contributed by atoms with Crippen LogP contribution in [0.3, 0.4) is 0 Å². The summed E-state index contributed by atoms with van der Waals surface area (Å²) in [6.45, 7) is 6.52. The van der Waals surface area contributed by atoms with E-state index in [1.165, 1.54) is 109 Å². The summed E-state index contributed by atoms with van der Waals surface area (Å²) in [5.74, 6) is -0.903. The maximum absolute atomic E-state index is 12.8. The molecule has 6 heteroatoms. The van der Waals surface area contributed by atoms with Crippen LogP contribution in [0.15, 0.2) is 48.6 Å². The van der Waals surface area contributed by atoms with Gasteiger partial charge in [-0.15, -0.1) is 0 Å². The van der Waals surface area contributed by atoms with Crippen molar-refractivity contribution >= 4 is 17.9 Å². The Balaban J connectivity index is 4.39. The summed E-state index contributed by atoms with van der Waals surface area (Å²) < 4.78 is 16.8. The number of unbranched alkanes of at least 4 members (excludes halogenated alkanes) is 27. The molecule has 0 fully saturated rings. The minimum Gasteiger partial charge on any atom is -0.462 e. The maximum Gasteiger partial charge on any atom is 0.306 e. The van der Waals surface area contributed by atoms with E-state index in [1.807, 2.05) is 0 Å². The van der Waals surface area contributed by atoms with Crippen LogP contribution in [0.5, 0.6) is 0 Å². The second-order valence-electron chi connectivity index (χ2n) is 17.1. The first kappa shape index (κ1) is 57.4. The van der Waals surface area contributed by atoms with E-state index in [-0.39, 0.29) is 31.1 Å². The largest absolute Gasteiger partial charge is 0.462 e. The molecule has 0 spiro atoms. The Hall–Kier alpha value is -2.63. The van der Waals surface area contributed by atoms with Crippen LogP contribution < -0.4 is 0 Å². The molecule has 0 amide bonds. The molecule has 0 aromatic carbocycles. The van der Waals surface area contributed by atoms with Gasteiger partial charge in [-0.25, -0.2) is 0 Å². The number of rotatable bonds is 46. The van der Waals surface area contributed by atoms with Crippen molar-refractivity contribution in [3.8, 4) is 0 Å². The van der Waals surface area contributed by atoms with E-state index >= 15 is 0 Å². The van der Waals surface area contributed by atoms with Gasteiger partial charge in [-0.1, -0.05) is 217 Å². The average Bonchev–Trinajstić information content (AvgIpc) is 3.24. The highest BCUT2D eigenvalue weighted by molar-refractivity contribution is 5.71. The fraction of sp³-hybridized carbons (Fsp3) is 0.796. The second-order valence-corrected chi connectivity index (χ2v) is 17.1. The highest BCUT2D eigenvalue weighted by atomic mass is 16.6. The summed E-state index contributed by atoms with van der Waals surface area (Å²) >= 11 is 0. The zero-order valence-corrected chi connectivity index (χ0v) is 39.7. The van der Waals surface area contributed by atoms with E-state index in [0.717, 1.165) is 109 Å². The molecule has 60 heavy (non-hydrogen) atoms. The van der Waals surface area contributed by atoms with Crippen LogP contribution >= 0.6 is 0 Å². The monoisotopic (exact) mass is 841 g/mol. The first-order valence-electron chi connectivity index (χ1n) is 25.6. The fourth-order valence-corrected chi connectivity index (χ4v) is 7.14. The molecule has 0 aliphatic rings. The van der Waals surface area contributed by atoms with Gasteiger partial charge in [-0.05, 0) is 70.6 Å². The van der Waals surface area contributed by atoms with Gasteiger partial charge in [-0.2, -0.15) is 0 Å². The molecule has 0 bridgehead atoms. The minimum absolute atomic E-state index is 0.0812. The molecule has 0 aliphatic carbocycles. The third-order valence-corrected chi connectivity index (χ3v) is 11.0. The van der Waals surface area contributed by atoms with Crippen LogP contribution in [-0.2, 0) is 28.6 Å². The SMILES string of the molecule is CCC/C=C\C/C=C\CCCCCCCC(=O)OCC(COC(=O)CCCCCCCCCCCCCCCCC)OC(=O)CCCCCCC/C=C\C/C=C\CCCC. The van der Waals surface area contributed by atoms with Crippen molar-refractivity contribution in [2.75, 3.05) is 13.2 Å². The quantitative estimate of drug-likeness (QED) is 0.0263. The third kappa shape index (κ3) is 46.4. The Morgan fingerprint density at radius 1 is 0.333 bits per heavy atom. The van der Waals surface area contributed by atoms with Crippen molar-refractivity contribution in [3.63, 3.8) is 0 Å². The Morgan fingerprint density at radius 3 is 1.03 bits per heavy atom. The van der Waals surface area contributed by atoms with Gasteiger partial charge in [-0.3, -0.25) is 14.4 Å². The van der Waals surface area contributed by atoms with Gasteiger partial charge in [0.15, 0.2) is 6.10 Å². The lowest BCUT2D eigenvalue weighted by atomic mass is 10.0. The third-order valence-electron chi connectivity index (χ3n) is 11.0. The van der Waals surface area contributed by atoms with Gasteiger partial charge in [0.1, 0.15) is 13.2 Å². The van der Waals surface area contributed by atoms with E-state index < -0.39 is 6.10 Å². The highest BCUT2D eigenvalue weighted by Gasteiger charge is 2.19. The second kappa shape index (κ2) is 49.0. The minimum atomic E-state index is -0.782. The molecule has 0 saturated carbocycles. The van der Waals surface area contributed by atoms with Crippen molar-refractivity contribution in [2.24, 2.45) is 0 Å². The van der Waals surface area contributed by atoms with Gasteiger partial charge in [0.25, 0.3) is 0 Å². The van der Waals surface area contributed by atoms with Crippen LogP contribution in [0, 0.1) is 0 Å². The molecule has 1 unspecified atom stereocenters. The van der Waals surface area contributed by atoms with Gasteiger partial charge >= 0.3 is 17.9 Å². The van der Waals surface area contributed by atoms with Gasteiger partial charge < -0.3 is 14.2 Å². The van der Waals surface area contributed by atoms with E-state index in [1.54, 1.807) is 0 Å². The summed E-state index contributed by atoms with van der Waals surface area (Å²) in [4.78, 5) is 37.9. The van der Waals surface area contributed by atoms with Gasteiger partial charge in [0.2, 0.25) is 0 Å². The number of esters is 3. The van der Waals surface area contributed by atoms with Crippen LogP contribution in [0.4, 0.5) is 0 Å². The summed E-state index contributed by atoms with van der Waals surface area (Å²) in [5.41, 5.74) is 0. The lowest BCUT2D eigenvalue weighted by Crippen LogP contribution is -2.30. The van der Waals surface area contributed by atoms with Crippen molar-refractivity contribution in [1.82, 2.24) is 0 Å². The predicted octanol–water partition coefficient (Wildman–Crippen LogP) is 16.7. The van der Waals surface area contributed by atoms with Crippen LogP contribution in [0.1, 0.15) is 258 Å². The predicted molar refractivity (Wildman–Crippen MR) is 256 cm³/mol. The number of carbonyl (C=O) groups is 3. The van der Waals surface area contributed by atoms with E-state index in [2.05, 4.69) is 69.4 Å². The summed E-state index contributed by atoms with van der Waals surface area (Å²) in [6, 6.07) is 0. The Bertz CT molecular complexity index is 1060. The van der Waals surface area contributed by atoms with Crippen LogP contribution in [0.2, 0.25) is 0 Å². The standard InChI is InChI=1S/C54H96O6/c1-4-7-10-13-16-19-22-25-27-30-32-35-38-41-44-47-53(56)59-50-51(49-58-52(55)46-43-40-37-34-31-28-24-21-18-15-12-9-6-3)60-54(57)48-45-42-39-36-33-29-26-23-20-17-14-11-8-5-2/h12,14-15,17,21,23-24,26,51H,4-11,13,16,18-20,22,25,27-50H2,1-3H3/b15-12-,17-14-,24-21-,26-23-. The fourth-order valence-electron chi connectivity index (χ4n) is 7.14. The van der Waals surface area contributed by atoms with E-state index in [4.69, 9.17) is 14.2 Å². The molecule has 1 atom stereocenters. The number of allylic oxidation sites excluding steroid dienone is 8. The molecular weight excluding hydrogens is 745 g/mol. The molecular formula is C54H96O6. The molecule has 0 radical (unpaired) electrons. The normalized spacial score (nSPS) is 12.4. The van der Waals surface area contributed by atoms with Crippen molar-refractivity contribution in [1.29, 1.82) is 0 Å². The molecule has 6 nitrogen and oxygen atoms in total. The van der Waals surface area contributed by atoms with E-state index in [9.17, 15) is 14.4 Å². The van der Waals surface area contributed by atoms with Crippen molar-refractivity contribution in [3.05, 3.63) is 48.6 Å². The summed E-state index contributed by atoms with van der Waals surface area (Å²) in [7, 11) is 0. The van der Waals surface area contributed by atoms with E-state index in [0.29, 0.717) is 19.3 Å². The first-order chi connectivity index (χ1) is 29.5. The molecule has 0 rings (SSSR count). The zero-order valence-electron chi connectivity index (χ0n) is 39.7. The molecule has 0 saturated heterocycles. The lowest BCUT2D eigenvalue weighted by molar-refractivity contribution is -0.167. The Morgan fingerprint density at radius 2 is 0.650 bits per heavy atom. The molecule has 0 aromatic rings. The average molecular weight is 841 g/mol. The Labute approximate surface area is 371 Å². The smallest absolute Gasteiger partial charge is 0.306 e. The van der Waals surface area contributed by atoms with Crippen molar-refractivity contribution in [2.45, 2.75) is 264 Å². The summed E-state index contributed by atoms with van der Waals surface area (Å²) in [6.07, 6.45) is 58.0. The molecule has 0 N–H and O–H groups in total. The number of hydrogen-bond acceptors (Lipinski definition) is 6. The summed E-state index contributed by atoms with van der Waals surface area (Å²) in [5, 5.41) is 0. The van der Waals surface area contributed by atoms with Gasteiger partial charge in [0.05, 0.1) is 0 Å². The molecule has 348 valence electrons. The lowest BCUT2D eigenvalue weighted by Gasteiger charge is -2.18.